The Kier molecular flexibility index (Phi) is 5.77. The van der Waals surface area contributed by atoms with E-state index in [2.05, 4.69) is 15.5 Å². The third-order valence-corrected chi connectivity index (χ3v) is 5.96. The van der Waals surface area contributed by atoms with Crippen LogP contribution in [0.15, 0.2) is 51.7 Å². The van der Waals surface area contributed by atoms with Gasteiger partial charge in [0.15, 0.2) is 11.4 Å². The quantitative estimate of drug-likeness (QED) is 0.477. The van der Waals surface area contributed by atoms with Crippen LogP contribution >= 0.6 is 0 Å². The number of amides is 1. The van der Waals surface area contributed by atoms with Gasteiger partial charge in [-0.2, -0.15) is 0 Å². The van der Waals surface area contributed by atoms with Crippen molar-refractivity contribution >= 4 is 22.7 Å². The molecule has 0 bridgehead atoms. The lowest BCUT2D eigenvalue weighted by Crippen LogP contribution is -2.17. The Morgan fingerprint density at radius 1 is 1.12 bits per heavy atom. The third-order valence-electron chi connectivity index (χ3n) is 5.96. The van der Waals surface area contributed by atoms with Crippen LogP contribution in [0.5, 0.6) is 0 Å². The highest BCUT2D eigenvalue weighted by Crippen LogP contribution is 2.27. The van der Waals surface area contributed by atoms with E-state index in [9.17, 15) is 14.0 Å². The van der Waals surface area contributed by atoms with Crippen molar-refractivity contribution < 1.29 is 13.6 Å². The van der Waals surface area contributed by atoms with Crippen molar-refractivity contribution in [2.24, 2.45) is 0 Å². The largest absolute Gasteiger partial charge is 0.419 e. The normalized spacial score (nSPS) is 13.6. The number of hydrogen-bond donors (Lipinski definition) is 1. The van der Waals surface area contributed by atoms with Crippen LogP contribution in [0, 0.1) is 5.82 Å². The zero-order chi connectivity index (χ0) is 22.8. The molecule has 2 aromatic heterocycles. The highest BCUT2D eigenvalue weighted by molar-refractivity contribution is 5.91. The predicted octanol–water partition coefficient (Wildman–Crippen LogP) is 4.14. The summed E-state index contributed by atoms with van der Waals surface area (Å²) in [6.07, 6.45) is 4.67. The summed E-state index contributed by atoms with van der Waals surface area (Å²) in [4.78, 5) is 24.6. The van der Waals surface area contributed by atoms with Gasteiger partial charge in [0.05, 0.1) is 11.1 Å². The number of carbonyl (C=O) groups is 1. The van der Waals surface area contributed by atoms with Gasteiger partial charge in [0.1, 0.15) is 11.6 Å². The SMILES string of the molecule is O=C(CCCn1c(=O)oc2ccccc21)Nc1ccc(F)c(-c2nnc3n2CCCCC3)c1. The van der Waals surface area contributed by atoms with Gasteiger partial charge in [-0.05, 0) is 49.6 Å². The summed E-state index contributed by atoms with van der Waals surface area (Å²) in [7, 11) is 0. The summed E-state index contributed by atoms with van der Waals surface area (Å²) in [6.45, 7) is 1.12. The number of carbonyl (C=O) groups excluding carboxylic acids is 1. The molecule has 0 radical (unpaired) electrons. The van der Waals surface area contributed by atoms with Crippen molar-refractivity contribution in [1.29, 1.82) is 0 Å². The van der Waals surface area contributed by atoms with Gasteiger partial charge >= 0.3 is 5.76 Å². The maximum atomic E-state index is 14.6. The van der Waals surface area contributed by atoms with E-state index in [4.69, 9.17) is 4.42 Å². The molecular formula is C24H24FN5O3. The van der Waals surface area contributed by atoms with Crippen LogP contribution in [-0.2, 0) is 24.3 Å². The zero-order valence-electron chi connectivity index (χ0n) is 18.1. The Morgan fingerprint density at radius 2 is 2.00 bits per heavy atom. The average Bonchev–Trinajstić information content (AvgIpc) is 3.26. The van der Waals surface area contributed by atoms with Crippen LogP contribution in [0.2, 0.25) is 0 Å². The molecule has 1 N–H and O–H groups in total. The number of fused-ring (bicyclic) bond motifs is 2. The average molecular weight is 449 g/mol. The topological polar surface area (TPSA) is 94.9 Å². The molecule has 1 aliphatic rings. The van der Waals surface area contributed by atoms with Gasteiger partial charge in [-0.25, -0.2) is 9.18 Å². The van der Waals surface area contributed by atoms with Crippen molar-refractivity contribution in [2.45, 2.75) is 51.6 Å². The van der Waals surface area contributed by atoms with E-state index in [0.717, 1.165) is 38.1 Å². The predicted molar refractivity (Wildman–Crippen MR) is 121 cm³/mol. The van der Waals surface area contributed by atoms with Crippen molar-refractivity contribution in [2.75, 3.05) is 5.32 Å². The van der Waals surface area contributed by atoms with Gasteiger partial charge in [-0.1, -0.05) is 18.6 Å². The number of hydrogen-bond acceptors (Lipinski definition) is 5. The molecule has 3 heterocycles. The molecule has 1 amide bonds. The fourth-order valence-corrected chi connectivity index (χ4v) is 4.31. The lowest BCUT2D eigenvalue weighted by atomic mass is 10.1. The van der Waals surface area contributed by atoms with Crippen molar-refractivity contribution in [3.63, 3.8) is 0 Å². The van der Waals surface area contributed by atoms with Gasteiger partial charge in [-0.15, -0.1) is 10.2 Å². The molecule has 1 aliphatic heterocycles. The van der Waals surface area contributed by atoms with Gasteiger partial charge in [0, 0.05) is 31.6 Å². The number of nitrogens with zero attached hydrogens (tertiary/aromatic N) is 4. The van der Waals surface area contributed by atoms with Gasteiger partial charge < -0.3 is 14.3 Å². The van der Waals surface area contributed by atoms with E-state index >= 15 is 0 Å². The summed E-state index contributed by atoms with van der Waals surface area (Å²) in [5.41, 5.74) is 2.05. The second kappa shape index (κ2) is 9.01. The van der Waals surface area contributed by atoms with Crippen LogP contribution in [0.4, 0.5) is 10.1 Å². The minimum Gasteiger partial charge on any atom is -0.408 e. The molecular weight excluding hydrogens is 425 g/mol. The number of oxazole rings is 1. The fraction of sp³-hybridized carbons (Fsp3) is 0.333. The minimum absolute atomic E-state index is 0.207. The molecule has 33 heavy (non-hydrogen) atoms. The number of halogens is 1. The molecule has 0 unspecified atom stereocenters. The molecule has 0 atom stereocenters. The molecule has 8 nitrogen and oxygen atoms in total. The number of nitrogens with one attached hydrogen (secondary N) is 1. The van der Waals surface area contributed by atoms with Crippen LogP contribution in [0.1, 0.15) is 37.9 Å². The van der Waals surface area contributed by atoms with Crippen LogP contribution in [0.25, 0.3) is 22.5 Å². The number of aryl methyl sites for hydroxylation is 2. The van der Waals surface area contributed by atoms with E-state index in [1.165, 1.54) is 16.7 Å². The summed E-state index contributed by atoms with van der Waals surface area (Å²) in [6, 6.07) is 11.7. The van der Waals surface area contributed by atoms with Gasteiger partial charge in [0.2, 0.25) is 5.91 Å². The Balaban J connectivity index is 1.26. The number of para-hydroxylation sites is 2. The molecule has 9 heteroatoms. The van der Waals surface area contributed by atoms with E-state index < -0.39 is 11.6 Å². The number of anilines is 1. The maximum absolute atomic E-state index is 14.6. The molecule has 0 fully saturated rings. The summed E-state index contributed by atoms with van der Waals surface area (Å²) in [5.74, 6) is 0.310. The summed E-state index contributed by atoms with van der Waals surface area (Å²) < 4.78 is 23.3. The zero-order valence-corrected chi connectivity index (χ0v) is 18.1. The number of benzene rings is 2. The molecule has 4 aromatic rings. The number of aromatic nitrogens is 4. The summed E-state index contributed by atoms with van der Waals surface area (Å²) >= 11 is 0. The minimum atomic E-state index is -0.438. The van der Waals surface area contributed by atoms with Crippen molar-refractivity contribution in [1.82, 2.24) is 19.3 Å². The Hall–Kier alpha value is -3.75. The van der Waals surface area contributed by atoms with E-state index in [-0.39, 0.29) is 12.3 Å². The molecule has 5 rings (SSSR count). The maximum Gasteiger partial charge on any atom is 0.419 e. The second-order valence-corrected chi connectivity index (χ2v) is 8.24. The van der Waals surface area contributed by atoms with Crippen LogP contribution in [0.3, 0.4) is 0 Å². The Labute approximate surface area is 189 Å². The van der Waals surface area contributed by atoms with E-state index in [1.807, 2.05) is 16.7 Å². The molecule has 0 aliphatic carbocycles. The highest BCUT2D eigenvalue weighted by atomic mass is 19.1. The first kappa shape index (κ1) is 21.1. The molecule has 0 spiro atoms. The Bertz CT molecular complexity index is 1370. The lowest BCUT2D eigenvalue weighted by molar-refractivity contribution is -0.116. The molecule has 170 valence electrons. The first-order chi connectivity index (χ1) is 16.1. The van der Waals surface area contributed by atoms with Gasteiger partial charge in [-0.3, -0.25) is 9.36 Å². The third kappa shape index (κ3) is 4.30. The standard InChI is InChI=1S/C24H24FN5O3/c25-18-12-11-16(15-17(18)23-28-27-21-9-2-1-5-13-30(21)23)26-22(31)10-6-14-29-19-7-3-4-8-20(19)33-24(29)32/h3-4,7-8,11-12,15H,1-2,5-6,9-10,13-14H2,(H,26,31). The van der Waals surface area contributed by atoms with Crippen molar-refractivity contribution in [3.8, 4) is 11.4 Å². The monoisotopic (exact) mass is 449 g/mol. The molecule has 0 saturated carbocycles. The first-order valence-corrected chi connectivity index (χ1v) is 11.2. The molecule has 0 saturated heterocycles. The van der Waals surface area contributed by atoms with Crippen molar-refractivity contribution in [3.05, 3.63) is 64.7 Å². The van der Waals surface area contributed by atoms with Crippen LogP contribution < -0.4 is 11.1 Å². The Morgan fingerprint density at radius 3 is 2.91 bits per heavy atom. The van der Waals surface area contributed by atoms with E-state index in [0.29, 0.717) is 41.1 Å². The number of rotatable bonds is 6. The smallest absolute Gasteiger partial charge is 0.408 e. The molecule has 2 aromatic carbocycles. The lowest BCUT2D eigenvalue weighted by Gasteiger charge is -2.10. The first-order valence-electron chi connectivity index (χ1n) is 11.2. The highest BCUT2D eigenvalue weighted by Gasteiger charge is 2.19. The fourth-order valence-electron chi connectivity index (χ4n) is 4.31. The summed E-state index contributed by atoms with van der Waals surface area (Å²) in [5, 5.41) is 11.3. The van der Waals surface area contributed by atoms with E-state index in [1.54, 1.807) is 18.2 Å². The van der Waals surface area contributed by atoms with Gasteiger partial charge in [0.25, 0.3) is 0 Å². The second-order valence-electron chi connectivity index (χ2n) is 8.24. The van der Waals surface area contributed by atoms with Crippen LogP contribution in [-0.4, -0.2) is 25.2 Å².